The van der Waals surface area contributed by atoms with Crippen molar-refractivity contribution in [2.45, 2.75) is 25.9 Å². The van der Waals surface area contributed by atoms with Crippen LogP contribution in [0.3, 0.4) is 0 Å². The third-order valence-electron chi connectivity index (χ3n) is 2.30. The van der Waals surface area contributed by atoms with Gasteiger partial charge in [-0.05, 0) is 31.5 Å². The molecule has 1 rings (SSSR count). The van der Waals surface area contributed by atoms with Crippen LogP contribution in [0.5, 0.6) is 0 Å². The molecule has 1 nitrogen and oxygen atoms in total. The molecule has 15 heavy (non-hydrogen) atoms. The predicted octanol–water partition coefficient (Wildman–Crippen LogP) is 3.70. The molecule has 3 heteroatoms. The van der Waals surface area contributed by atoms with Gasteiger partial charge in [0.2, 0.25) is 0 Å². The summed E-state index contributed by atoms with van der Waals surface area (Å²) in [4.78, 5) is 0. The van der Waals surface area contributed by atoms with Crippen molar-refractivity contribution in [3.05, 3.63) is 47.3 Å². The van der Waals surface area contributed by atoms with E-state index < -0.39 is 0 Å². The Kier molecular flexibility index (Phi) is 4.30. The van der Waals surface area contributed by atoms with E-state index in [1.807, 2.05) is 19.9 Å². The van der Waals surface area contributed by atoms with Gasteiger partial charge in [0.25, 0.3) is 0 Å². The zero-order valence-corrected chi connectivity index (χ0v) is 9.68. The van der Waals surface area contributed by atoms with E-state index in [1.165, 1.54) is 12.1 Å². The molecule has 1 N–H and O–H groups in total. The quantitative estimate of drug-likeness (QED) is 0.774. The Morgan fingerprint density at radius 3 is 2.67 bits per heavy atom. The fourth-order valence-corrected chi connectivity index (χ4v) is 1.74. The monoisotopic (exact) mass is 227 g/mol. The Hall–Kier alpha value is -0.860. The van der Waals surface area contributed by atoms with Crippen LogP contribution in [0.15, 0.2) is 30.9 Å². The van der Waals surface area contributed by atoms with E-state index in [2.05, 4.69) is 11.9 Å². The van der Waals surface area contributed by atoms with E-state index in [-0.39, 0.29) is 17.9 Å². The molecule has 0 bridgehead atoms. The molecule has 0 spiro atoms. The molecule has 0 fully saturated rings. The fourth-order valence-electron chi connectivity index (χ4n) is 1.40. The van der Waals surface area contributed by atoms with Gasteiger partial charge in [0.15, 0.2) is 0 Å². The lowest BCUT2D eigenvalue weighted by Gasteiger charge is -2.18. The van der Waals surface area contributed by atoms with E-state index in [4.69, 9.17) is 11.6 Å². The number of rotatable bonds is 4. The van der Waals surface area contributed by atoms with Crippen molar-refractivity contribution < 1.29 is 4.39 Å². The summed E-state index contributed by atoms with van der Waals surface area (Å²) in [5.74, 6) is -0.312. The van der Waals surface area contributed by atoms with Crippen LogP contribution < -0.4 is 5.32 Å². The van der Waals surface area contributed by atoms with E-state index in [9.17, 15) is 4.39 Å². The van der Waals surface area contributed by atoms with E-state index in [0.29, 0.717) is 5.02 Å². The fraction of sp³-hybridized carbons (Fsp3) is 0.333. The summed E-state index contributed by atoms with van der Waals surface area (Å²) in [5.41, 5.74) is 0.895. The maximum Gasteiger partial charge on any atom is 0.124 e. The second-order valence-corrected chi connectivity index (χ2v) is 3.99. The molecule has 0 aliphatic rings. The number of halogens is 2. The third kappa shape index (κ3) is 3.33. The highest BCUT2D eigenvalue weighted by Crippen LogP contribution is 2.23. The predicted molar refractivity (Wildman–Crippen MR) is 62.6 cm³/mol. The summed E-state index contributed by atoms with van der Waals surface area (Å²) in [7, 11) is 0. The van der Waals surface area contributed by atoms with Crippen LogP contribution in [0.25, 0.3) is 0 Å². The van der Waals surface area contributed by atoms with Crippen molar-refractivity contribution in [3.63, 3.8) is 0 Å². The first-order valence-electron chi connectivity index (χ1n) is 4.88. The zero-order chi connectivity index (χ0) is 11.4. The SMILES string of the molecule is C=CC(C)NC(C)c1ccc(F)cc1Cl. The maximum absolute atomic E-state index is 12.8. The summed E-state index contributed by atoms with van der Waals surface area (Å²) in [6.45, 7) is 7.67. The summed E-state index contributed by atoms with van der Waals surface area (Å²) in [5, 5.41) is 3.73. The minimum absolute atomic E-state index is 0.0751. The van der Waals surface area contributed by atoms with Crippen molar-refractivity contribution in [3.8, 4) is 0 Å². The normalized spacial score (nSPS) is 14.7. The topological polar surface area (TPSA) is 12.0 Å². The number of hydrogen-bond acceptors (Lipinski definition) is 1. The first-order chi connectivity index (χ1) is 7.04. The average molecular weight is 228 g/mol. The smallest absolute Gasteiger partial charge is 0.124 e. The number of benzene rings is 1. The molecular formula is C12H15ClFN. The van der Waals surface area contributed by atoms with Gasteiger partial charge in [-0.15, -0.1) is 6.58 Å². The molecule has 0 aliphatic heterocycles. The molecule has 0 heterocycles. The maximum atomic E-state index is 12.8. The van der Waals surface area contributed by atoms with E-state index in [1.54, 1.807) is 6.07 Å². The lowest BCUT2D eigenvalue weighted by Crippen LogP contribution is -2.27. The van der Waals surface area contributed by atoms with Gasteiger partial charge >= 0.3 is 0 Å². The molecule has 0 amide bonds. The van der Waals surface area contributed by atoms with Crippen molar-refractivity contribution in [1.82, 2.24) is 5.32 Å². The van der Waals surface area contributed by atoms with Crippen LogP contribution >= 0.6 is 11.6 Å². The summed E-state index contributed by atoms with van der Waals surface area (Å²) in [6, 6.07) is 4.71. The summed E-state index contributed by atoms with van der Waals surface area (Å²) in [6.07, 6.45) is 1.81. The van der Waals surface area contributed by atoms with Crippen LogP contribution in [0.1, 0.15) is 25.5 Å². The van der Waals surface area contributed by atoms with Gasteiger partial charge in [-0.2, -0.15) is 0 Å². The second kappa shape index (κ2) is 5.29. The summed E-state index contributed by atoms with van der Waals surface area (Å²) < 4.78 is 12.8. The molecule has 1 aromatic carbocycles. The Balaban J connectivity index is 2.81. The van der Waals surface area contributed by atoms with Crippen molar-refractivity contribution in [2.24, 2.45) is 0 Å². The standard InChI is InChI=1S/C12H15ClFN/c1-4-8(2)15-9(3)11-6-5-10(14)7-12(11)13/h4-9,15H,1H2,2-3H3. The van der Waals surface area contributed by atoms with E-state index >= 15 is 0 Å². The van der Waals surface area contributed by atoms with Gasteiger partial charge in [-0.1, -0.05) is 23.7 Å². The number of nitrogens with one attached hydrogen (secondary N) is 1. The van der Waals surface area contributed by atoms with Crippen molar-refractivity contribution >= 4 is 11.6 Å². The first kappa shape index (κ1) is 12.2. The van der Waals surface area contributed by atoms with Crippen LogP contribution in [-0.2, 0) is 0 Å². The Morgan fingerprint density at radius 1 is 1.47 bits per heavy atom. The van der Waals surface area contributed by atoms with Gasteiger partial charge in [-0.3, -0.25) is 0 Å². The average Bonchev–Trinajstić information content (AvgIpc) is 2.17. The first-order valence-corrected chi connectivity index (χ1v) is 5.26. The van der Waals surface area contributed by atoms with E-state index in [0.717, 1.165) is 5.56 Å². The molecule has 1 aromatic rings. The minimum Gasteiger partial charge on any atom is -0.304 e. The van der Waals surface area contributed by atoms with Crippen LogP contribution in [0.2, 0.25) is 5.02 Å². The molecular weight excluding hydrogens is 213 g/mol. The number of hydrogen-bond donors (Lipinski definition) is 1. The zero-order valence-electron chi connectivity index (χ0n) is 8.93. The highest BCUT2D eigenvalue weighted by Gasteiger charge is 2.11. The molecule has 0 saturated heterocycles. The van der Waals surface area contributed by atoms with Gasteiger partial charge < -0.3 is 5.32 Å². The Bertz CT molecular complexity index is 351. The largest absolute Gasteiger partial charge is 0.304 e. The van der Waals surface area contributed by atoms with Gasteiger partial charge in [0, 0.05) is 17.1 Å². The van der Waals surface area contributed by atoms with Gasteiger partial charge in [0.05, 0.1) is 0 Å². The minimum atomic E-state index is -0.312. The molecule has 82 valence electrons. The van der Waals surface area contributed by atoms with Crippen molar-refractivity contribution in [1.29, 1.82) is 0 Å². The Labute approximate surface area is 95.0 Å². The molecule has 0 saturated carbocycles. The Morgan fingerprint density at radius 2 is 2.13 bits per heavy atom. The molecule has 2 atom stereocenters. The lowest BCUT2D eigenvalue weighted by atomic mass is 10.1. The second-order valence-electron chi connectivity index (χ2n) is 3.58. The van der Waals surface area contributed by atoms with Crippen LogP contribution in [0, 0.1) is 5.82 Å². The van der Waals surface area contributed by atoms with Crippen LogP contribution in [-0.4, -0.2) is 6.04 Å². The van der Waals surface area contributed by atoms with Crippen molar-refractivity contribution in [2.75, 3.05) is 0 Å². The highest BCUT2D eigenvalue weighted by molar-refractivity contribution is 6.31. The molecule has 0 aliphatic carbocycles. The molecule has 0 radical (unpaired) electrons. The molecule has 2 unspecified atom stereocenters. The highest BCUT2D eigenvalue weighted by atomic mass is 35.5. The summed E-state index contributed by atoms with van der Waals surface area (Å²) >= 11 is 5.95. The van der Waals surface area contributed by atoms with Gasteiger partial charge in [0.1, 0.15) is 5.82 Å². The third-order valence-corrected chi connectivity index (χ3v) is 2.62. The lowest BCUT2D eigenvalue weighted by molar-refractivity contribution is 0.535. The van der Waals surface area contributed by atoms with Crippen LogP contribution in [0.4, 0.5) is 4.39 Å². The van der Waals surface area contributed by atoms with Gasteiger partial charge in [-0.25, -0.2) is 4.39 Å². The molecule has 0 aromatic heterocycles.